The zero-order valence-corrected chi connectivity index (χ0v) is 27.6. The van der Waals surface area contributed by atoms with E-state index in [1.807, 2.05) is 30.5 Å². The zero-order chi connectivity index (χ0) is 37.5. The Morgan fingerprint density at radius 2 is 1.50 bits per heavy atom. The van der Waals surface area contributed by atoms with E-state index in [4.69, 9.17) is 25.5 Å². The SMILES string of the molecule is NC(=O)CCN(CCc1ccccn1)CCN(CCc1ccc(O)c2[nH]c(=O)sc12)C1CCCCC1.O=C(O)C(F)(F)F.O=C(O)C(F)(F)F. The van der Waals surface area contributed by atoms with Crippen LogP contribution in [0.15, 0.2) is 41.3 Å². The zero-order valence-electron chi connectivity index (χ0n) is 26.8. The van der Waals surface area contributed by atoms with Crippen LogP contribution < -0.4 is 10.6 Å². The molecule has 0 aliphatic heterocycles. The summed E-state index contributed by atoms with van der Waals surface area (Å²) in [5.74, 6) is -5.67. The number of phenols is 1. The third-order valence-electron chi connectivity index (χ3n) is 7.67. The Hall–Kier alpha value is -4.23. The van der Waals surface area contributed by atoms with E-state index in [-0.39, 0.29) is 16.5 Å². The number of aromatic amines is 1. The normalized spacial score (nSPS) is 13.8. The molecule has 278 valence electrons. The number of aromatic hydroxyl groups is 1. The molecule has 0 unspecified atom stereocenters. The van der Waals surface area contributed by atoms with Gasteiger partial charge in [-0.1, -0.05) is 42.7 Å². The number of H-pyrrole nitrogens is 1. The molecule has 50 heavy (non-hydrogen) atoms. The number of aromatic nitrogens is 2. The van der Waals surface area contributed by atoms with Crippen LogP contribution >= 0.6 is 11.3 Å². The minimum Gasteiger partial charge on any atom is -0.506 e. The van der Waals surface area contributed by atoms with Gasteiger partial charge in [0.2, 0.25) is 5.91 Å². The first-order valence-electron chi connectivity index (χ1n) is 15.5. The number of aliphatic carboxylic acids is 2. The van der Waals surface area contributed by atoms with Gasteiger partial charge in [-0.25, -0.2) is 9.59 Å². The number of fused-ring (bicyclic) bond motifs is 1. The highest BCUT2D eigenvalue weighted by molar-refractivity contribution is 7.16. The lowest BCUT2D eigenvalue weighted by molar-refractivity contribution is -0.193. The lowest BCUT2D eigenvalue weighted by Crippen LogP contribution is -2.44. The Balaban J connectivity index is 0.000000521. The number of nitrogens with zero attached hydrogens (tertiary/aromatic N) is 3. The highest BCUT2D eigenvalue weighted by Gasteiger charge is 2.39. The third kappa shape index (κ3) is 15.1. The van der Waals surface area contributed by atoms with E-state index in [9.17, 15) is 41.0 Å². The summed E-state index contributed by atoms with van der Waals surface area (Å²) in [7, 11) is 0. The summed E-state index contributed by atoms with van der Waals surface area (Å²) >= 11 is 1.16. The molecule has 1 aliphatic rings. The molecule has 1 aromatic carbocycles. The molecule has 6 N–H and O–H groups in total. The standard InChI is InChI=1S/C27H37N5O3S.2C2HF3O2/c28-24(34)13-16-31(15-12-21-6-4-5-14-29-21)18-19-32(22-7-2-1-3-8-22)17-11-20-9-10-23(33)25-26(20)36-27(35)30-25;2*3-2(4,5)1(6)7/h4-6,9-10,14,22,33H,1-3,7-8,11-13,15-19H2,(H2,28,34)(H,30,35);2*(H,6,7). The van der Waals surface area contributed by atoms with Gasteiger partial charge in [-0.05, 0) is 43.0 Å². The molecule has 1 fully saturated rings. The van der Waals surface area contributed by atoms with Crippen molar-refractivity contribution in [3.05, 3.63) is 57.5 Å². The average molecular weight is 740 g/mol. The molecular formula is C31H39F6N5O7S. The second-order valence-corrected chi connectivity index (χ2v) is 12.3. The average Bonchev–Trinajstić information content (AvgIpc) is 3.45. The first kappa shape index (κ1) is 41.9. The van der Waals surface area contributed by atoms with E-state index in [0.29, 0.717) is 24.5 Å². The Kier molecular flexibility index (Phi) is 16.6. The van der Waals surface area contributed by atoms with Crippen LogP contribution in [0.2, 0.25) is 0 Å². The number of nitrogens with two attached hydrogens (primary N) is 1. The van der Waals surface area contributed by atoms with E-state index in [2.05, 4.69) is 19.8 Å². The van der Waals surface area contributed by atoms with Crippen molar-refractivity contribution >= 4 is 39.4 Å². The van der Waals surface area contributed by atoms with Crippen LogP contribution in [0, 0.1) is 0 Å². The van der Waals surface area contributed by atoms with E-state index in [1.165, 1.54) is 32.1 Å². The Morgan fingerprint density at radius 3 is 2.04 bits per heavy atom. The number of phenolic OH excluding ortho intramolecular Hbond substituents is 1. The smallest absolute Gasteiger partial charge is 0.490 e. The number of primary amides is 1. The van der Waals surface area contributed by atoms with Crippen molar-refractivity contribution in [3.63, 3.8) is 0 Å². The molecule has 3 aromatic rings. The highest BCUT2D eigenvalue weighted by atomic mass is 32.1. The van der Waals surface area contributed by atoms with E-state index in [0.717, 1.165) is 66.3 Å². The minimum absolute atomic E-state index is 0.120. The van der Waals surface area contributed by atoms with Crippen LogP contribution in [0.3, 0.4) is 0 Å². The van der Waals surface area contributed by atoms with Crippen molar-refractivity contribution in [2.75, 3.05) is 32.7 Å². The Bertz CT molecular complexity index is 1550. The van der Waals surface area contributed by atoms with E-state index >= 15 is 0 Å². The fraction of sp³-hybridized carbons (Fsp3) is 0.516. The van der Waals surface area contributed by atoms with E-state index < -0.39 is 24.3 Å². The van der Waals surface area contributed by atoms with Crippen LogP contribution in [0.4, 0.5) is 26.3 Å². The predicted molar refractivity (Wildman–Crippen MR) is 172 cm³/mol. The largest absolute Gasteiger partial charge is 0.506 e. The number of nitrogens with one attached hydrogen (secondary N) is 1. The molecule has 0 atom stereocenters. The molecular weight excluding hydrogens is 700 g/mol. The van der Waals surface area contributed by atoms with Gasteiger partial charge in [-0.15, -0.1) is 0 Å². The van der Waals surface area contributed by atoms with Crippen LogP contribution in [-0.4, -0.2) is 104 Å². The summed E-state index contributed by atoms with van der Waals surface area (Å²) in [5, 5.41) is 24.4. The topological polar surface area (TPSA) is 190 Å². The molecule has 0 bridgehead atoms. The van der Waals surface area contributed by atoms with Crippen LogP contribution in [0.25, 0.3) is 10.2 Å². The molecule has 12 nitrogen and oxygen atoms in total. The number of carboxylic acids is 2. The summed E-state index contributed by atoms with van der Waals surface area (Å²) in [5.41, 5.74) is 8.14. The minimum atomic E-state index is -5.08. The van der Waals surface area contributed by atoms with Crippen LogP contribution in [0.5, 0.6) is 5.75 Å². The molecule has 2 heterocycles. The Morgan fingerprint density at radius 1 is 0.880 bits per heavy atom. The number of thiazole rings is 1. The second-order valence-electron chi connectivity index (χ2n) is 11.3. The monoisotopic (exact) mass is 739 g/mol. The number of pyridine rings is 1. The van der Waals surface area contributed by atoms with E-state index in [1.54, 1.807) is 6.07 Å². The van der Waals surface area contributed by atoms with Crippen molar-refractivity contribution in [2.24, 2.45) is 5.73 Å². The number of rotatable bonds is 13. The summed E-state index contributed by atoms with van der Waals surface area (Å²) in [6.07, 6.45) is -0.120. The number of carboxylic acid groups (broad SMARTS) is 2. The molecule has 19 heteroatoms. The first-order chi connectivity index (χ1) is 23.4. The van der Waals surface area contributed by atoms with Crippen molar-refractivity contribution in [1.82, 2.24) is 19.8 Å². The van der Waals surface area contributed by atoms with Crippen molar-refractivity contribution in [1.29, 1.82) is 0 Å². The molecule has 0 spiro atoms. The quantitative estimate of drug-likeness (QED) is 0.156. The number of amides is 1. The second kappa shape index (κ2) is 19.8. The molecule has 0 saturated heterocycles. The fourth-order valence-corrected chi connectivity index (χ4v) is 6.05. The summed E-state index contributed by atoms with van der Waals surface area (Å²) in [6, 6.07) is 10.1. The Labute approximate surface area is 286 Å². The van der Waals surface area contributed by atoms with Gasteiger partial charge in [0.1, 0.15) is 11.3 Å². The fourth-order valence-electron chi connectivity index (χ4n) is 5.15. The van der Waals surface area contributed by atoms with Gasteiger partial charge in [-0.2, -0.15) is 26.3 Å². The van der Waals surface area contributed by atoms with Crippen LogP contribution in [-0.2, 0) is 27.2 Å². The van der Waals surface area contributed by atoms with Crippen molar-refractivity contribution < 1.29 is 56.0 Å². The molecule has 2 aromatic heterocycles. The molecule has 1 saturated carbocycles. The molecule has 1 aliphatic carbocycles. The lowest BCUT2D eigenvalue weighted by Gasteiger charge is -2.36. The maximum atomic E-state index is 11.9. The van der Waals surface area contributed by atoms with Gasteiger partial charge in [0.15, 0.2) is 0 Å². The maximum Gasteiger partial charge on any atom is 0.490 e. The van der Waals surface area contributed by atoms with Gasteiger partial charge >= 0.3 is 29.2 Å². The summed E-state index contributed by atoms with van der Waals surface area (Å²) in [6.45, 7) is 4.14. The molecule has 0 radical (unpaired) electrons. The highest BCUT2D eigenvalue weighted by Crippen LogP contribution is 2.29. The predicted octanol–water partition coefficient (Wildman–Crippen LogP) is 4.55. The van der Waals surface area contributed by atoms with Crippen molar-refractivity contribution in [3.8, 4) is 5.75 Å². The summed E-state index contributed by atoms with van der Waals surface area (Å²) < 4.78 is 64.3. The number of benzene rings is 1. The number of carbonyl (C=O) groups is 3. The molecule has 4 rings (SSSR count). The van der Waals surface area contributed by atoms with Gasteiger partial charge in [0.25, 0.3) is 0 Å². The van der Waals surface area contributed by atoms with Gasteiger partial charge in [0.05, 0.1) is 4.70 Å². The lowest BCUT2D eigenvalue weighted by atomic mass is 9.94. The van der Waals surface area contributed by atoms with Gasteiger partial charge in [0, 0.05) is 63.5 Å². The maximum absolute atomic E-state index is 11.9. The number of hydrogen-bond donors (Lipinski definition) is 5. The number of carbonyl (C=O) groups excluding carboxylic acids is 1. The van der Waals surface area contributed by atoms with Gasteiger partial charge in [-0.3, -0.25) is 19.5 Å². The first-order valence-corrected chi connectivity index (χ1v) is 16.3. The van der Waals surface area contributed by atoms with Gasteiger partial charge < -0.3 is 30.9 Å². The van der Waals surface area contributed by atoms with Crippen LogP contribution in [0.1, 0.15) is 49.8 Å². The number of hydrogen-bond acceptors (Lipinski definition) is 9. The molecule has 1 amide bonds. The number of alkyl halides is 6. The third-order valence-corrected chi connectivity index (χ3v) is 8.63. The van der Waals surface area contributed by atoms with Crippen molar-refractivity contribution in [2.45, 2.75) is 69.8 Å². The number of halogens is 6. The summed E-state index contributed by atoms with van der Waals surface area (Å²) in [4.78, 5) is 53.2.